The predicted molar refractivity (Wildman–Crippen MR) is 86.6 cm³/mol. The quantitative estimate of drug-likeness (QED) is 0.860. The predicted octanol–water partition coefficient (Wildman–Crippen LogP) is 2.48. The zero-order valence-electron chi connectivity index (χ0n) is 12.9. The highest BCUT2D eigenvalue weighted by Gasteiger charge is 2.12. The van der Waals surface area contributed by atoms with E-state index in [-0.39, 0.29) is 23.9 Å². The lowest BCUT2D eigenvalue weighted by atomic mass is 10.0. The maximum absolute atomic E-state index is 13.4. The SMILES string of the molecule is C[C@H](CNC(=O)CNC(=O)c1ccccc1F)c1ccccc1. The van der Waals surface area contributed by atoms with Crippen LogP contribution < -0.4 is 10.6 Å². The van der Waals surface area contributed by atoms with Crippen LogP contribution in [0, 0.1) is 5.82 Å². The molecular formula is C18H19FN2O2. The summed E-state index contributed by atoms with van der Waals surface area (Å²) in [6.45, 7) is 2.29. The Kier molecular flexibility index (Phi) is 5.86. The molecule has 23 heavy (non-hydrogen) atoms. The molecule has 0 aliphatic heterocycles. The van der Waals surface area contributed by atoms with Crippen molar-refractivity contribution in [2.45, 2.75) is 12.8 Å². The molecule has 2 N–H and O–H groups in total. The molecule has 0 radical (unpaired) electrons. The highest BCUT2D eigenvalue weighted by atomic mass is 19.1. The molecule has 0 aliphatic rings. The van der Waals surface area contributed by atoms with Crippen LogP contribution in [0.3, 0.4) is 0 Å². The van der Waals surface area contributed by atoms with Crippen molar-refractivity contribution in [3.63, 3.8) is 0 Å². The van der Waals surface area contributed by atoms with Gasteiger partial charge in [0.2, 0.25) is 5.91 Å². The van der Waals surface area contributed by atoms with Crippen LogP contribution in [0.1, 0.15) is 28.8 Å². The second kappa shape index (κ2) is 8.08. The number of amides is 2. The fourth-order valence-electron chi connectivity index (χ4n) is 2.13. The van der Waals surface area contributed by atoms with Gasteiger partial charge >= 0.3 is 0 Å². The zero-order valence-corrected chi connectivity index (χ0v) is 12.9. The van der Waals surface area contributed by atoms with Crippen LogP contribution in [0.5, 0.6) is 0 Å². The van der Waals surface area contributed by atoms with Gasteiger partial charge in [0.1, 0.15) is 5.82 Å². The Bertz CT molecular complexity index is 674. The summed E-state index contributed by atoms with van der Waals surface area (Å²) in [5.41, 5.74) is 1.06. The largest absolute Gasteiger partial charge is 0.354 e. The van der Waals surface area contributed by atoms with Crippen molar-refractivity contribution in [3.8, 4) is 0 Å². The van der Waals surface area contributed by atoms with E-state index < -0.39 is 11.7 Å². The molecule has 1 atom stereocenters. The summed E-state index contributed by atoms with van der Waals surface area (Å²) >= 11 is 0. The van der Waals surface area contributed by atoms with Crippen LogP contribution >= 0.6 is 0 Å². The topological polar surface area (TPSA) is 58.2 Å². The molecule has 0 unspecified atom stereocenters. The van der Waals surface area contributed by atoms with E-state index in [9.17, 15) is 14.0 Å². The Balaban J connectivity index is 1.77. The fourth-order valence-corrected chi connectivity index (χ4v) is 2.13. The Morgan fingerprint density at radius 1 is 1.00 bits per heavy atom. The van der Waals surface area contributed by atoms with Gasteiger partial charge in [0.25, 0.3) is 5.91 Å². The standard InChI is InChI=1S/C18H19FN2O2/c1-13(14-7-3-2-4-8-14)11-20-17(22)12-21-18(23)15-9-5-6-10-16(15)19/h2-10,13H,11-12H2,1H3,(H,20,22)(H,21,23)/t13-/m1/s1. The van der Waals surface area contributed by atoms with Gasteiger partial charge in [0.05, 0.1) is 12.1 Å². The van der Waals surface area contributed by atoms with Gasteiger partial charge in [0, 0.05) is 6.54 Å². The molecule has 4 nitrogen and oxygen atoms in total. The van der Waals surface area contributed by atoms with Crippen LogP contribution in [-0.2, 0) is 4.79 Å². The number of halogens is 1. The molecule has 2 rings (SSSR count). The van der Waals surface area contributed by atoms with E-state index in [2.05, 4.69) is 10.6 Å². The van der Waals surface area contributed by atoms with Crippen molar-refractivity contribution < 1.29 is 14.0 Å². The van der Waals surface area contributed by atoms with Crippen LogP contribution in [0.4, 0.5) is 4.39 Å². The van der Waals surface area contributed by atoms with Gasteiger partial charge in [-0.25, -0.2) is 4.39 Å². The van der Waals surface area contributed by atoms with Gasteiger partial charge in [-0.15, -0.1) is 0 Å². The number of benzene rings is 2. The van der Waals surface area contributed by atoms with Gasteiger partial charge < -0.3 is 10.6 Å². The molecule has 0 aliphatic carbocycles. The second-order valence-electron chi connectivity index (χ2n) is 5.28. The number of hydrogen-bond donors (Lipinski definition) is 2. The van der Waals surface area contributed by atoms with Crippen molar-refractivity contribution in [2.24, 2.45) is 0 Å². The van der Waals surface area contributed by atoms with E-state index in [1.165, 1.54) is 18.2 Å². The monoisotopic (exact) mass is 314 g/mol. The Labute approximate surface area is 134 Å². The van der Waals surface area contributed by atoms with Crippen LogP contribution in [0.25, 0.3) is 0 Å². The lowest BCUT2D eigenvalue weighted by Gasteiger charge is -2.13. The van der Waals surface area contributed by atoms with Crippen LogP contribution in [-0.4, -0.2) is 24.9 Å². The lowest BCUT2D eigenvalue weighted by molar-refractivity contribution is -0.120. The van der Waals surface area contributed by atoms with E-state index in [4.69, 9.17) is 0 Å². The molecule has 0 saturated carbocycles. The van der Waals surface area contributed by atoms with Crippen LogP contribution in [0.15, 0.2) is 54.6 Å². The molecule has 120 valence electrons. The maximum atomic E-state index is 13.4. The lowest BCUT2D eigenvalue weighted by Crippen LogP contribution is -2.38. The number of hydrogen-bond acceptors (Lipinski definition) is 2. The fraction of sp³-hybridized carbons (Fsp3) is 0.222. The number of nitrogens with one attached hydrogen (secondary N) is 2. The first-order chi connectivity index (χ1) is 11.1. The number of carbonyl (C=O) groups is 2. The summed E-state index contributed by atoms with van der Waals surface area (Å²) in [5.74, 6) is -1.35. The Morgan fingerprint density at radius 2 is 1.65 bits per heavy atom. The van der Waals surface area contributed by atoms with Crippen molar-refractivity contribution in [3.05, 3.63) is 71.5 Å². The van der Waals surface area contributed by atoms with Crippen molar-refractivity contribution in [2.75, 3.05) is 13.1 Å². The highest BCUT2D eigenvalue weighted by Crippen LogP contribution is 2.12. The molecule has 0 heterocycles. The van der Waals surface area contributed by atoms with Gasteiger partial charge in [-0.3, -0.25) is 9.59 Å². The first-order valence-corrected chi connectivity index (χ1v) is 7.42. The van der Waals surface area contributed by atoms with Gasteiger partial charge in [-0.05, 0) is 23.6 Å². The van der Waals surface area contributed by atoms with Gasteiger partial charge in [-0.1, -0.05) is 49.4 Å². The van der Waals surface area contributed by atoms with E-state index >= 15 is 0 Å². The minimum Gasteiger partial charge on any atom is -0.354 e. The second-order valence-corrected chi connectivity index (χ2v) is 5.28. The van der Waals surface area contributed by atoms with E-state index in [1.54, 1.807) is 6.07 Å². The van der Waals surface area contributed by atoms with E-state index in [0.29, 0.717) is 6.54 Å². The average molecular weight is 314 g/mol. The van der Waals surface area contributed by atoms with E-state index in [1.807, 2.05) is 37.3 Å². The van der Waals surface area contributed by atoms with Crippen LogP contribution in [0.2, 0.25) is 0 Å². The number of rotatable bonds is 6. The normalized spacial score (nSPS) is 11.6. The third-order valence-electron chi connectivity index (χ3n) is 3.50. The summed E-state index contributed by atoms with van der Waals surface area (Å²) in [5, 5.41) is 5.17. The molecule has 0 bridgehead atoms. The van der Waals surface area contributed by atoms with Crippen molar-refractivity contribution in [1.82, 2.24) is 10.6 Å². The first-order valence-electron chi connectivity index (χ1n) is 7.42. The minimum absolute atomic E-state index is 0.0713. The average Bonchev–Trinajstić information content (AvgIpc) is 2.58. The minimum atomic E-state index is -0.608. The molecule has 0 fully saturated rings. The molecule has 2 amide bonds. The van der Waals surface area contributed by atoms with Gasteiger partial charge in [0.15, 0.2) is 0 Å². The third-order valence-corrected chi connectivity index (χ3v) is 3.50. The molecular weight excluding hydrogens is 295 g/mol. The molecule has 0 saturated heterocycles. The summed E-state index contributed by atoms with van der Waals surface area (Å²) in [4.78, 5) is 23.6. The third kappa shape index (κ3) is 4.92. The highest BCUT2D eigenvalue weighted by molar-refractivity contribution is 5.96. The molecule has 0 aromatic heterocycles. The molecule has 2 aromatic rings. The Hall–Kier alpha value is -2.69. The molecule has 2 aromatic carbocycles. The molecule has 0 spiro atoms. The first kappa shape index (κ1) is 16.7. The van der Waals surface area contributed by atoms with Gasteiger partial charge in [-0.2, -0.15) is 0 Å². The summed E-state index contributed by atoms with van der Waals surface area (Å²) < 4.78 is 13.4. The summed E-state index contributed by atoms with van der Waals surface area (Å²) in [7, 11) is 0. The summed E-state index contributed by atoms with van der Waals surface area (Å²) in [6.07, 6.45) is 0. The van der Waals surface area contributed by atoms with Crippen molar-refractivity contribution >= 4 is 11.8 Å². The molecule has 5 heteroatoms. The summed E-state index contributed by atoms with van der Waals surface area (Å²) in [6, 6.07) is 15.5. The Morgan fingerprint density at radius 3 is 2.35 bits per heavy atom. The van der Waals surface area contributed by atoms with E-state index in [0.717, 1.165) is 5.56 Å². The maximum Gasteiger partial charge on any atom is 0.254 e. The smallest absolute Gasteiger partial charge is 0.254 e. The zero-order chi connectivity index (χ0) is 16.7. The number of carbonyl (C=O) groups excluding carboxylic acids is 2. The van der Waals surface area contributed by atoms with Crippen molar-refractivity contribution in [1.29, 1.82) is 0 Å².